The number of carbonyl (C=O) groups excluding carboxylic acids is 1. The van der Waals surface area contributed by atoms with Crippen molar-refractivity contribution in [1.29, 1.82) is 0 Å². The number of benzene rings is 1. The van der Waals surface area contributed by atoms with Crippen LogP contribution in [0.4, 0.5) is 13.2 Å². The highest BCUT2D eigenvalue weighted by Crippen LogP contribution is 2.36. The van der Waals surface area contributed by atoms with Crippen molar-refractivity contribution in [3.8, 4) is 0 Å². The molecule has 0 aliphatic carbocycles. The van der Waals surface area contributed by atoms with Crippen LogP contribution in [0.25, 0.3) is 0 Å². The maximum Gasteiger partial charge on any atom is 0.417 e. The number of halogens is 3. The van der Waals surface area contributed by atoms with Crippen LogP contribution in [-0.2, 0) is 18.3 Å². The molecule has 2 heterocycles. The van der Waals surface area contributed by atoms with Gasteiger partial charge < -0.3 is 0 Å². The molecule has 0 fully saturated rings. The van der Waals surface area contributed by atoms with Gasteiger partial charge >= 0.3 is 6.18 Å². The van der Waals surface area contributed by atoms with E-state index in [-0.39, 0.29) is 5.56 Å². The van der Waals surface area contributed by atoms with Crippen molar-refractivity contribution in [3.63, 3.8) is 0 Å². The standard InChI is InChI=1S/C15H11F3OS2/c16-15(17,18)11-4-2-1-3-10(11)14(19)13-7-9-8-20-6-5-12(9)21-13/h1-4,7H,5-6,8H2. The van der Waals surface area contributed by atoms with E-state index in [2.05, 4.69) is 0 Å². The third kappa shape index (κ3) is 2.87. The number of rotatable bonds is 2. The Hall–Kier alpha value is -1.27. The summed E-state index contributed by atoms with van der Waals surface area (Å²) < 4.78 is 39.0. The molecular formula is C15H11F3OS2. The number of carbonyl (C=O) groups is 1. The summed E-state index contributed by atoms with van der Waals surface area (Å²) in [4.78, 5) is 14.0. The van der Waals surface area contributed by atoms with Crippen LogP contribution in [-0.4, -0.2) is 11.5 Å². The second-order valence-corrected chi connectivity index (χ2v) is 6.98. The molecular weight excluding hydrogens is 317 g/mol. The topological polar surface area (TPSA) is 17.1 Å². The molecule has 6 heteroatoms. The minimum absolute atomic E-state index is 0.267. The lowest BCUT2D eigenvalue weighted by atomic mass is 10.0. The number of thioether (sulfide) groups is 1. The van der Waals surface area contributed by atoms with E-state index < -0.39 is 17.5 Å². The van der Waals surface area contributed by atoms with E-state index in [9.17, 15) is 18.0 Å². The summed E-state index contributed by atoms with van der Waals surface area (Å²) >= 11 is 3.11. The van der Waals surface area contributed by atoms with E-state index in [0.29, 0.717) is 4.88 Å². The van der Waals surface area contributed by atoms with Crippen molar-refractivity contribution in [1.82, 2.24) is 0 Å². The number of aryl methyl sites for hydroxylation is 1. The predicted molar refractivity (Wildman–Crippen MR) is 79.1 cm³/mol. The quantitative estimate of drug-likeness (QED) is 0.738. The summed E-state index contributed by atoms with van der Waals surface area (Å²) in [6.45, 7) is 0. The van der Waals surface area contributed by atoms with Gasteiger partial charge in [-0.3, -0.25) is 4.79 Å². The Balaban J connectivity index is 2.01. The van der Waals surface area contributed by atoms with E-state index in [1.165, 1.54) is 29.5 Å². The molecule has 1 aromatic carbocycles. The van der Waals surface area contributed by atoms with Crippen molar-refractivity contribution < 1.29 is 18.0 Å². The minimum atomic E-state index is -4.51. The zero-order chi connectivity index (χ0) is 15.0. The monoisotopic (exact) mass is 328 g/mol. The summed E-state index contributed by atoms with van der Waals surface area (Å²) in [6.07, 6.45) is -3.63. The summed E-state index contributed by atoms with van der Waals surface area (Å²) in [5, 5.41) is 0. The molecule has 21 heavy (non-hydrogen) atoms. The second kappa shape index (κ2) is 5.50. The second-order valence-electron chi connectivity index (χ2n) is 4.73. The highest BCUT2D eigenvalue weighted by molar-refractivity contribution is 7.98. The van der Waals surface area contributed by atoms with Crippen LogP contribution in [0.1, 0.15) is 31.2 Å². The Morgan fingerprint density at radius 3 is 2.67 bits per heavy atom. The van der Waals surface area contributed by atoms with Crippen molar-refractivity contribution in [2.45, 2.75) is 18.3 Å². The van der Waals surface area contributed by atoms with Crippen LogP contribution in [0, 0.1) is 0 Å². The van der Waals surface area contributed by atoms with Gasteiger partial charge in [0.2, 0.25) is 5.78 Å². The average molecular weight is 328 g/mol. The first-order valence-corrected chi connectivity index (χ1v) is 8.34. The van der Waals surface area contributed by atoms with E-state index in [1.807, 2.05) is 0 Å². The molecule has 1 nitrogen and oxygen atoms in total. The molecule has 0 atom stereocenters. The van der Waals surface area contributed by atoms with Crippen LogP contribution in [0.15, 0.2) is 30.3 Å². The van der Waals surface area contributed by atoms with Crippen LogP contribution in [0.5, 0.6) is 0 Å². The van der Waals surface area contributed by atoms with Gasteiger partial charge in [-0.25, -0.2) is 0 Å². The van der Waals surface area contributed by atoms with E-state index in [4.69, 9.17) is 0 Å². The first-order valence-electron chi connectivity index (χ1n) is 6.37. The van der Waals surface area contributed by atoms with Crippen molar-refractivity contribution >= 4 is 28.9 Å². The summed E-state index contributed by atoms with van der Waals surface area (Å²) in [5.41, 5.74) is -0.0453. The van der Waals surface area contributed by atoms with Crippen LogP contribution >= 0.6 is 23.1 Å². The lowest BCUT2D eigenvalue weighted by Crippen LogP contribution is -2.12. The van der Waals surface area contributed by atoms with Gasteiger partial charge in [0.25, 0.3) is 0 Å². The number of fused-ring (bicyclic) bond motifs is 1. The van der Waals surface area contributed by atoms with E-state index >= 15 is 0 Å². The third-order valence-electron chi connectivity index (χ3n) is 3.33. The van der Waals surface area contributed by atoms with E-state index in [0.717, 1.165) is 34.4 Å². The van der Waals surface area contributed by atoms with Gasteiger partial charge in [0.1, 0.15) is 0 Å². The molecule has 0 saturated carbocycles. The van der Waals surface area contributed by atoms with Crippen molar-refractivity contribution in [3.05, 3.63) is 56.8 Å². The maximum atomic E-state index is 13.0. The van der Waals surface area contributed by atoms with Crippen molar-refractivity contribution in [2.75, 3.05) is 5.75 Å². The molecule has 0 saturated heterocycles. The SMILES string of the molecule is O=C(c1cc2c(s1)CCSC2)c1ccccc1C(F)(F)F. The first kappa shape index (κ1) is 14.7. The molecule has 0 unspecified atom stereocenters. The normalized spacial score (nSPS) is 14.8. The Labute approximate surface area is 128 Å². The zero-order valence-corrected chi connectivity index (χ0v) is 12.5. The highest BCUT2D eigenvalue weighted by atomic mass is 32.2. The third-order valence-corrected chi connectivity index (χ3v) is 5.57. The Bertz CT molecular complexity index is 665. The minimum Gasteiger partial charge on any atom is -0.288 e. The molecule has 1 aromatic heterocycles. The Morgan fingerprint density at radius 2 is 1.95 bits per heavy atom. The molecule has 1 aliphatic heterocycles. The largest absolute Gasteiger partial charge is 0.417 e. The lowest BCUT2D eigenvalue weighted by Gasteiger charge is -2.10. The van der Waals surface area contributed by atoms with Gasteiger partial charge in [-0.2, -0.15) is 24.9 Å². The molecule has 0 N–H and O–H groups in total. The van der Waals surface area contributed by atoms with Gasteiger partial charge in [0, 0.05) is 16.2 Å². The number of alkyl halides is 3. The zero-order valence-electron chi connectivity index (χ0n) is 10.9. The van der Waals surface area contributed by atoms with Crippen LogP contribution in [0.2, 0.25) is 0 Å². The molecule has 110 valence electrons. The maximum absolute atomic E-state index is 13.0. The smallest absolute Gasteiger partial charge is 0.288 e. The van der Waals surface area contributed by atoms with Gasteiger partial charge in [-0.15, -0.1) is 11.3 Å². The predicted octanol–water partition coefficient (Wildman–Crippen LogP) is 4.79. The summed E-state index contributed by atoms with van der Waals surface area (Å²) in [5.74, 6) is 1.30. The van der Waals surface area contributed by atoms with Gasteiger partial charge in [0.15, 0.2) is 0 Å². The number of ketones is 1. The summed E-state index contributed by atoms with van der Waals surface area (Å²) in [6, 6.07) is 6.72. The van der Waals surface area contributed by atoms with Crippen molar-refractivity contribution in [2.24, 2.45) is 0 Å². The number of hydrogen-bond acceptors (Lipinski definition) is 3. The van der Waals surface area contributed by atoms with Crippen LogP contribution in [0.3, 0.4) is 0 Å². The molecule has 0 spiro atoms. The molecule has 0 amide bonds. The molecule has 3 rings (SSSR count). The average Bonchev–Trinajstić information content (AvgIpc) is 2.89. The summed E-state index contributed by atoms with van der Waals surface area (Å²) in [7, 11) is 0. The lowest BCUT2D eigenvalue weighted by molar-refractivity contribution is -0.137. The first-order chi connectivity index (χ1) is 9.97. The van der Waals surface area contributed by atoms with Gasteiger partial charge in [-0.05, 0) is 29.9 Å². The molecule has 1 aliphatic rings. The highest BCUT2D eigenvalue weighted by Gasteiger charge is 2.35. The van der Waals surface area contributed by atoms with Gasteiger partial charge in [-0.1, -0.05) is 18.2 Å². The molecule has 0 bridgehead atoms. The Morgan fingerprint density at radius 1 is 1.19 bits per heavy atom. The fourth-order valence-corrected chi connectivity index (χ4v) is 4.65. The Kier molecular flexibility index (Phi) is 3.84. The fraction of sp³-hybridized carbons (Fsp3) is 0.267. The van der Waals surface area contributed by atoms with Gasteiger partial charge in [0.05, 0.1) is 10.4 Å². The van der Waals surface area contributed by atoms with E-state index in [1.54, 1.807) is 17.8 Å². The number of hydrogen-bond donors (Lipinski definition) is 0. The number of thiophene rings is 1. The molecule has 2 aromatic rings. The molecule has 0 radical (unpaired) electrons. The fourth-order valence-electron chi connectivity index (χ4n) is 2.32. The van der Waals surface area contributed by atoms with Crippen LogP contribution < -0.4 is 0 Å².